The Morgan fingerprint density at radius 2 is 1.56 bits per heavy atom. The Kier molecular flexibility index (Phi) is 4.42. The fraction of sp³-hybridized carbons (Fsp3) is 0.143. The molecule has 0 spiro atoms. The Morgan fingerprint density at radius 3 is 1.89 bits per heavy atom. The van der Waals surface area contributed by atoms with Gasteiger partial charge in [-0.3, -0.25) is 0 Å². The maximum absolute atomic E-state index is 8.76. The first-order valence-corrected chi connectivity index (χ1v) is 2.54. The van der Waals surface area contributed by atoms with Crippen LogP contribution in [0.1, 0.15) is 5.56 Å². The van der Waals surface area contributed by atoms with Crippen molar-refractivity contribution < 1.29 is 46.4 Å². The van der Waals surface area contributed by atoms with Crippen molar-refractivity contribution in [2.75, 3.05) is 0 Å². The second-order valence-corrected chi connectivity index (χ2v) is 1.84. The first-order chi connectivity index (χ1) is 3.79. The third-order valence-corrected chi connectivity index (χ3v) is 1.03. The molecule has 0 atom stereocenters. The molecule has 0 aromatic heterocycles. The molecule has 0 aliphatic rings. The zero-order valence-corrected chi connectivity index (χ0v) is 9.04. The molecule has 9 heavy (non-hydrogen) atoms. The molecule has 2 heteroatoms. The van der Waals surface area contributed by atoms with Crippen molar-refractivity contribution in [1.29, 1.82) is 0 Å². The molecule has 1 N–H and O–H groups in total. The van der Waals surface area contributed by atoms with E-state index in [4.69, 9.17) is 5.11 Å². The molecular weight excluding hydrogens is 241 g/mol. The summed E-state index contributed by atoms with van der Waals surface area (Å²) in [5, 5.41) is 8.76. The van der Waals surface area contributed by atoms with Crippen LogP contribution in [-0.2, 0) is 0 Å². The number of phenolic OH excluding ortho intramolecular Hbond substituents is 1. The van der Waals surface area contributed by atoms with Crippen molar-refractivity contribution in [2.24, 2.45) is 0 Å². The van der Waals surface area contributed by atoms with E-state index in [-0.39, 0.29) is 41.3 Å². The van der Waals surface area contributed by atoms with Crippen molar-refractivity contribution in [3.05, 3.63) is 29.8 Å². The molecule has 1 radical (unpaired) electrons. The first-order valence-electron chi connectivity index (χ1n) is 2.54. The van der Waals surface area contributed by atoms with E-state index >= 15 is 0 Å². The number of hydrogen-bond donors (Lipinski definition) is 1. The number of benzene rings is 1. The van der Waals surface area contributed by atoms with E-state index in [1.54, 1.807) is 12.1 Å². The molecule has 0 amide bonds. The third kappa shape index (κ3) is 3.17. The molecule has 0 saturated heterocycles. The van der Waals surface area contributed by atoms with E-state index in [2.05, 4.69) is 0 Å². The molecule has 1 nitrogen and oxygen atoms in total. The van der Waals surface area contributed by atoms with Crippen molar-refractivity contribution in [3.8, 4) is 5.75 Å². The monoisotopic (exact) mass is 249 g/mol. The molecule has 0 aliphatic carbocycles. The van der Waals surface area contributed by atoms with Crippen LogP contribution in [0, 0.1) is 48.2 Å². The molecule has 0 fully saturated rings. The van der Waals surface area contributed by atoms with Crippen LogP contribution < -0.4 is 0 Å². The van der Waals surface area contributed by atoms with Gasteiger partial charge in [0.15, 0.2) is 0 Å². The van der Waals surface area contributed by atoms with E-state index in [0.29, 0.717) is 5.75 Å². The molecule has 1 aromatic carbocycles. The van der Waals surface area contributed by atoms with E-state index in [1.165, 1.54) is 5.56 Å². The quantitative estimate of drug-likeness (QED) is 0.741. The van der Waals surface area contributed by atoms with Gasteiger partial charge in [-0.2, -0.15) is 0 Å². The molecular formula is C7H8OPr. The second-order valence-electron chi connectivity index (χ2n) is 1.84. The SMILES string of the molecule is Cc1ccc(O)cc1.[Pr]. The van der Waals surface area contributed by atoms with Crippen molar-refractivity contribution >= 4 is 0 Å². The van der Waals surface area contributed by atoms with Gasteiger partial charge in [0, 0.05) is 41.3 Å². The summed E-state index contributed by atoms with van der Waals surface area (Å²) in [5.41, 5.74) is 1.17. The van der Waals surface area contributed by atoms with Gasteiger partial charge in [0.1, 0.15) is 5.75 Å². The predicted molar refractivity (Wildman–Crippen MR) is 32.8 cm³/mol. The van der Waals surface area contributed by atoms with Crippen molar-refractivity contribution in [3.63, 3.8) is 0 Å². The number of aromatic hydroxyl groups is 1. The minimum Gasteiger partial charge on any atom is -0.508 e. The maximum Gasteiger partial charge on any atom is 0.115 e. The molecule has 0 aliphatic heterocycles. The van der Waals surface area contributed by atoms with E-state index in [1.807, 2.05) is 19.1 Å². The summed E-state index contributed by atoms with van der Waals surface area (Å²) in [6.45, 7) is 1.99. The van der Waals surface area contributed by atoms with Gasteiger partial charge < -0.3 is 5.11 Å². The van der Waals surface area contributed by atoms with Crippen LogP contribution in [0.3, 0.4) is 0 Å². The van der Waals surface area contributed by atoms with Gasteiger partial charge in [0.05, 0.1) is 0 Å². The van der Waals surface area contributed by atoms with Gasteiger partial charge in [0.2, 0.25) is 0 Å². The Morgan fingerprint density at radius 1 is 1.11 bits per heavy atom. The minimum absolute atomic E-state index is 0. The average molecular weight is 249 g/mol. The number of phenols is 1. The summed E-state index contributed by atoms with van der Waals surface area (Å²) in [6.07, 6.45) is 0. The molecule has 1 aromatic rings. The number of rotatable bonds is 0. The summed E-state index contributed by atoms with van der Waals surface area (Å²) < 4.78 is 0. The van der Waals surface area contributed by atoms with Crippen molar-refractivity contribution in [1.82, 2.24) is 0 Å². The zero-order chi connectivity index (χ0) is 5.98. The van der Waals surface area contributed by atoms with Gasteiger partial charge in [-0.1, -0.05) is 17.7 Å². The molecule has 0 bridgehead atoms. The van der Waals surface area contributed by atoms with E-state index < -0.39 is 0 Å². The Hall–Kier alpha value is 0.384. The molecule has 1 rings (SSSR count). The molecule has 0 saturated carbocycles. The summed E-state index contributed by atoms with van der Waals surface area (Å²) in [7, 11) is 0. The third-order valence-electron chi connectivity index (χ3n) is 1.03. The van der Waals surface area contributed by atoms with Gasteiger partial charge in [-0.25, -0.2) is 0 Å². The van der Waals surface area contributed by atoms with Gasteiger partial charge >= 0.3 is 0 Å². The van der Waals surface area contributed by atoms with Crippen LogP contribution in [0.5, 0.6) is 5.75 Å². The summed E-state index contributed by atoms with van der Waals surface area (Å²) in [5.74, 6) is 0.329. The Balaban J connectivity index is 0.000000640. The summed E-state index contributed by atoms with van der Waals surface area (Å²) >= 11 is 0. The Labute approximate surface area is 88.0 Å². The van der Waals surface area contributed by atoms with Crippen LogP contribution in [0.15, 0.2) is 24.3 Å². The normalized spacial score (nSPS) is 8.11. The number of aryl methyl sites for hydroxylation is 1. The van der Waals surface area contributed by atoms with Gasteiger partial charge in [-0.15, -0.1) is 0 Å². The van der Waals surface area contributed by atoms with Crippen LogP contribution in [0.4, 0.5) is 0 Å². The molecule has 0 heterocycles. The minimum atomic E-state index is 0. The average Bonchev–Trinajstić information content (AvgIpc) is 1.77. The smallest absolute Gasteiger partial charge is 0.115 e. The second kappa shape index (κ2) is 4.24. The largest absolute Gasteiger partial charge is 0.508 e. The number of hydrogen-bond acceptors (Lipinski definition) is 1. The van der Waals surface area contributed by atoms with Crippen molar-refractivity contribution in [2.45, 2.75) is 6.92 Å². The zero-order valence-electron chi connectivity index (χ0n) is 5.33. The standard InChI is InChI=1S/C7H8O.Pr/c1-6-2-4-7(8)5-3-6;/h2-5,8H,1H3;. The first kappa shape index (κ1) is 9.38. The van der Waals surface area contributed by atoms with Crippen LogP contribution >= 0.6 is 0 Å². The van der Waals surface area contributed by atoms with Crippen LogP contribution in [0.2, 0.25) is 0 Å². The fourth-order valence-corrected chi connectivity index (χ4v) is 0.545. The van der Waals surface area contributed by atoms with Gasteiger partial charge in [-0.05, 0) is 19.1 Å². The predicted octanol–water partition coefficient (Wildman–Crippen LogP) is 1.70. The molecule has 0 unspecified atom stereocenters. The van der Waals surface area contributed by atoms with Crippen LogP contribution in [0.25, 0.3) is 0 Å². The molecule has 45 valence electrons. The maximum atomic E-state index is 8.76. The Bertz CT molecular complexity index is 148. The van der Waals surface area contributed by atoms with E-state index in [9.17, 15) is 0 Å². The van der Waals surface area contributed by atoms with Gasteiger partial charge in [0.25, 0.3) is 0 Å². The summed E-state index contributed by atoms with van der Waals surface area (Å²) in [4.78, 5) is 0. The van der Waals surface area contributed by atoms with E-state index in [0.717, 1.165) is 0 Å². The fourth-order valence-electron chi connectivity index (χ4n) is 0.545. The topological polar surface area (TPSA) is 20.2 Å². The summed E-state index contributed by atoms with van der Waals surface area (Å²) in [6, 6.07) is 7.09. The van der Waals surface area contributed by atoms with Crippen LogP contribution in [-0.4, -0.2) is 5.11 Å².